The molecule has 5 nitrogen and oxygen atoms in total. The van der Waals surface area contributed by atoms with Gasteiger partial charge < -0.3 is 9.99 Å². The van der Waals surface area contributed by atoms with Crippen LogP contribution in [-0.2, 0) is 6.54 Å². The van der Waals surface area contributed by atoms with Gasteiger partial charge in [-0.25, -0.2) is 10.8 Å². The first-order valence-corrected chi connectivity index (χ1v) is 7.15. The maximum absolute atomic E-state index is 12.0. The monoisotopic (exact) mass is 406 g/mol. The fourth-order valence-corrected chi connectivity index (χ4v) is 2.94. The van der Waals surface area contributed by atoms with E-state index in [0.29, 0.717) is 21.0 Å². The van der Waals surface area contributed by atoms with Crippen LogP contribution in [0.1, 0.15) is 5.69 Å². The lowest BCUT2D eigenvalue weighted by Gasteiger charge is -2.09. The number of rotatable bonds is 3. The Kier molecular flexibility index (Phi) is 4.62. The van der Waals surface area contributed by atoms with Gasteiger partial charge in [0.25, 0.3) is 5.56 Å². The fraction of sp³-hybridized carbons (Fsp3) is 0.0909. The highest BCUT2D eigenvalue weighted by molar-refractivity contribution is 9.11. The highest BCUT2D eigenvalue weighted by Crippen LogP contribution is 2.18. The van der Waals surface area contributed by atoms with Crippen LogP contribution in [0, 0.1) is 0 Å². The molecule has 2 aromatic rings. The quantitative estimate of drug-likeness (QED) is 0.605. The minimum Gasteiger partial charge on any atom is -0.308 e. The third-order valence-corrected chi connectivity index (χ3v) is 3.74. The van der Waals surface area contributed by atoms with Crippen molar-refractivity contribution in [1.29, 1.82) is 0 Å². The van der Waals surface area contributed by atoms with Gasteiger partial charge in [0.05, 0.1) is 21.7 Å². The van der Waals surface area contributed by atoms with Crippen molar-refractivity contribution in [3.63, 3.8) is 0 Å². The lowest BCUT2D eigenvalue weighted by Crippen LogP contribution is -2.21. The van der Waals surface area contributed by atoms with Gasteiger partial charge in [-0.05, 0) is 50.1 Å². The first kappa shape index (κ1) is 14.5. The summed E-state index contributed by atoms with van der Waals surface area (Å²) in [6.45, 7) is 0.255. The van der Waals surface area contributed by atoms with Crippen molar-refractivity contribution in [1.82, 2.24) is 9.55 Å². The van der Waals surface area contributed by atoms with Gasteiger partial charge in [0.2, 0.25) is 0 Å². The van der Waals surface area contributed by atoms with Crippen molar-refractivity contribution in [2.24, 2.45) is 5.84 Å². The van der Waals surface area contributed by atoms with Crippen molar-refractivity contribution >= 4 is 49.3 Å². The Morgan fingerprint density at radius 1 is 1.42 bits per heavy atom. The lowest BCUT2D eigenvalue weighted by molar-refractivity contribution is 0.733. The molecule has 0 aliphatic heterocycles. The normalized spacial score (nSPS) is 10.5. The van der Waals surface area contributed by atoms with E-state index in [9.17, 15) is 4.79 Å². The van der Waals surface area contributed by atoms with Crippen LogP contribution >= 0.6 is 43.5 Å². The van der Waals surface area contributed by atoms with Crippen molar-refractivity contribution in [2.45, 2.75) is 6.54 Å². The minimum atomic E-state index is -0.160. The van der Waals surface area contributed by atoms with E-state index in [1.54, 1.807) is 24.4 Å². The van der Waals surface area contributed by atoms with Gasteiger partial charge in [-0.15, -0.1) is 0 Å². The van der Waals surface area contributed by atoms with Crippen LogP contribution in [0.4, 0.5) is 5.82 Å². The Morgan fingerprint density at radius 3 is 2.84 bits per heavy atom. The summed E-state index contributed by atoms with van der Waals surface area (Å²) in [5.74, 6) is 5.79. The highest BCUT2D eigenvalue weighted by atomic mass is 79.9. The Labute approximate surface area is 131 Å². The number of nitrogens with two attached hydrogens (primary N) is 1. The van der Waals surface area contributed by atoms with Gasteiger partial charge in [0.1, 0.15) is 5.82 Å². The summed E-state index contributed by atoms with van der Waals surface area (Å²) in [4.78, 5) is 16.2. The first-order valence-electron chi connectivity index (χ1n) is 5.19. The van der Waals surface area contributed by atoms with Gasteiger partial charge in [-0.2, -0.15) is 0 Å². The molecule has 3 N–H and O–H groups in total. The molecule has 100 valence electrons. The molecule has 0 radical (unpaired) electrons. The van der Waals surface area contributed by atoms with E-state index in [2.05, 4.69) is 42.3 Å². The summed E-state index contributed by atoms with van der Waals surface area (Å²) in [5, 5.41) is 0.474. The molecule has 0 aliphatic carbocycles. The van der Waals surface area contributed by atoms with Crippen molar-refractivity contribution in [3.8, 4) is 0 Å². The summed E-state index contributed by atoms with van der Waals surface area (Å²) in [6.07, 6.45) is 1.67. The molecule has 2 heterocycles. The molecular weight excluding hydrogens is 399 g/mol. The molecular formula is C11H9Br2ClN4O. The zero-order valence-corrected chi connectivity index (χ0v) is 13.5. The predicted octanol–water partition coefficient (Wildman–Crippen LogP) is 2.76. The molecule has 0 unspecified atom stereocenters. The van der Waals surface area contributed by atoms with E-state index in [1.165, 1.54) is 4.57 Å². The molecule has 0 spiro atoms. The van der Waals surface area contributed by atoms with E-state index < -0.39 is 0 Å². The van der Waals surface area contributed by atoms with Crippen molar-refractivity contribution in [3.05, 3.63) is 54.4 Å². The number of aromatic nitrogens is 2. The van der Waals surface area contributed by atoms with Crippen molar-refractivity contribution in [2.75, 3.05) is 5.43 Å². The summed E-state index contributed by atoms with van der Waals surface area (Å²) in [6, 6.07) is 5.02. The number of nitrogen functional groups attached to an aromatic ring is 1. The second-order valence-electron chi connectivity index (χ2n) is 3.71. The van der Waals surface area contributed by atoms with Gasteiger partial charge >= 0.3 is 0 Å². The van der Waals surface area contributed by atoms with Crippen LogP contribution in [0.25, 0.3) is 0 Å². The molecule has 0 bridgehead atoms. The van der Waals surface area contributed by atoms with Crippen LogP contribution < -0.4 is 16.8 Å². The first-order chi connectivity index (χ1) is 9.01. The Hall–Kier alpha value is -0.890. The predicted molar refractivity (Wildman–Crippen MR) is 82.3 cm³/mol. The smallest absolute Gasteiger partial charge is 0.265 e. The van der Waals surface area contributed by atoms with Gasteiger partial charge in [0.15, 0.2) is 0 Å². The summed E-state index contributed by atoms with van der Waals surface area (Å²) in [5.41, 5.74) is 2.84. The number of hydrogen-bond acceptors (Lipinski definition) is 4. The van der Waals surface area contributed by atoms with E-state index in [-0.39, 0.29) is 12.1 Å². The van der Waals surface area contributed by atoms with E-state index in [4.69, 9.17) is 17.4 Å². The maximum atomic E-state index is 12.0. The standard InChI is InChI=1S/C11H9Br2ClN4O/c12-6-3-7(13)11(19)18(4-6)5-9-8(14)1-2-10(16-9)17-15/h1-4H,5,15H2,(H,16,17). The number of nitrogens with zero attached hydrogens (tertiary/aromatic N) is 2. The molecule has 0 saturated carbocycles. The van der Waals surface area contributed by atoms with Crippen LogP contribution in [0.15, 0.2) is 38.1 Å². The Bertz CT molecular complexity index is 674. The lowest BCUT2D eigenvalue weighted by atomic mass is 10.3. The van der Waals surface area contributed by atoms with Crippen LogP contribution in [0.5, 0.6) is 0 Å². The largest absolute Gasteiger partial charge is 0.308 e. The number of halogens is 3. The molecule has 8 heteroatoms. The molecule has 2 rings (SSSR count). The summed E-state index contributed by atoms with van der Waals surface area (Å²) in [7, 11) is 0. The molecule has 0 saturated heterocycles. The molecule has 0 amide bonds. The number of hydrogen-bond donors (Lipinski definition) is 2. The second kappa shape index (κ2) is 6.04. The molecule has 0 atom stereocenters. The number of hydrazine groups is 1. The van der Waals surface area contributed by atoms with Crippen molar-refractivity contribution < 1.29 is 0 Å². The maximum Gasteiger partial charge on any atom is 0.265 e. The SMILES string of the molecule is NNc1ccc(Cl)c(Cn2cc(Br)cc(Br)c2=O)n1. The van der Waals surface area contributed by atoms with Gasteiger partial charge in [-0.1, -0.05) is 11.6 Å². The third kappa shape index (κ3) is 3.36. The van der Waals surface area contributed by atoms with Gasteiger partial charge in [0, 0.05) is 10.7 Å². The average molecular weight is 408 g/mol. The second-order valence-corrected chi connectivity index (χ2v) is 5.89. The van der Waals surface area contributed by atoms with Crippen LogP contribution in [0.2, 0.25) is 5.02 Å². The molecule has 0 fully saturated rings. The fourth-order valence-electron chi connectivity index (χ4n) is 1.52. The molecule has 19 heavy (non-hydrogen) atoms. The summed E-state index contributed by atoms with van der Waals surface area (Å²) < 4.78 is 2.75. The molecule has 0 aliphatic rings. The Morgan fingerprint density at radius 2 is 2.16 bits per heavy atom. The van der Waals surface area contributed by atoms with E-state index >= 15 is 0 Å². The highest BCUT2D eigenvalue weighted by Gasteiger charge is 2.08. The van der Waals surface area contributed by atoms with Gasteiger partial charge in [-0.3, -0.25) is 4.79 Å². The average Bonchev–Trinajstić information content (AvgIpc) is 2.38. The summed E-state index contributed by atoms with van der Waals surface area (Å²) >= 11 is 12.6. The number of anilines is 1. The number of pyridine rings is 2. The molecule has 0 aromatic carbocycles. The van der Waals surface area contributed by atoms with Crippen LogP contribution in [0.3, 0.4) is 0 Å². The topological polar surface area (TPSA) is 72.9 Å². The third-order valence-electron chi connectivity index (χ3n) is 2.40. The van der Waals surface area contributed by atoms with E-state index in [0.717, 1.165) is 4.47 Å². The zero-order chi connectivity index (χ0) is 14.0. The van der Waals surface area contributed by atoms with E-state index in [1.807, 2.05) is 0 Å². The molecule has 2 aromatic heterocycles. The number of nitrogens with one attached hydrogen (secondary N) is 1. The Balaban J connectivity index is 2.44. The van der Waals surface area contributed by atoms with Crippen LogP contribution in [-0.4, -0.2) is 9.55 Å². The minimum absolute atomic E-state index is 0.160. The zero-order valence-electron chi connectivity index (χ0n) is 9.53.